The van der Waals surface area contributed by atoms with Crippen LogP contribution in [0.15, 0.2) is 0 Å². The SMILES string of the molecule is CCCOCCOCCC1OCCCO1. The highest BCUT2D eigenvalue weighted by Crippen LogP contribution is 2.08. The van der Waals surface area contributed by atoms with Crippen LogP contribution in [-0.4, -0.2) is 45.9 Å². The molecule has 0 spiro atoms. The van der Waals surface area contributed by atoms with E-state index in [9.17, 15) is 0 Å². The molecule has 0 N–H and O–H groups in total. The molecule has 0 aromatic heterocycles. The summed E-state index contributed by atoms with van der Waals surface area (Å²) in [6.45, 7) is 6.55. The molecule has 1 saturated heterocycles. The molecule has 1 fully saturated rings. The predicted octanol–water partition coefficient (Wildman–Crippen LogP) is 1.58. The molecule has 0 aromatic carbocycles. The Morgan fingerprint density at radius 1 is 1.00 bits per heavy atom. The van der Waals surface area contributed by atoms with Crippen LogP contribution in [0.25, 0.3) is 0 Å². The van der Waals surface area contributed by atoms with E-state index in [2.05, 4.69) is 6.92 Å². The molecule has 0 bridgehead atoms. The van der Waals surface area contributed by atoms with Crippen molar-refractivity contribution in [2.45, 2.75) is 32.5 Å². The smallest absolute Gasteiger partial charge is 0.159 e. The molecule has 1 aliphatic heterocycles. The number of hydrogen-bond acceptors (Lipinski definition) is 4. The van der Waals surface area contributed by atoms with Gasteiger partial charge in [-0.2, -0.15) is 0 Å². The molecule has 0 unspecified atom stereocenters. The van der Waals surface area contributed by atoms with Crippen molar-refractivity contribution in [3.8, 4) is 0 Å². The molecule has 4 heteroatoms. The maximum Gasteiger partial charge on any atom is 0.159 e. The van der Waals surface area contributed by atoms with Crippen molar-refractivity contribution >= 4 is 0 Å². The van der Waals surface area contributed by atoms with Gasteiger partial charge in [-0.1, -0.05) is 6.92 Å². The summed E-state index contributed by atoms with van der Waals surface area (Å²) in [5, 5.41) is 0. The molecule has 4 nitrogen and oxygen atoms in total. The largest absolute Gasteiger partial charge is 0.379 e. The molecule has 0 aliphatic carbocycles. The summed E-state index contributed by atoms with van der Waals surface area (Å²) in [5.74, 6) is 0. The second-order valence-corrected chi connectivity index (χ2v) is 3.54. The third-order valence-electron chi connectivity index (χ3n) is 2.11. The highest BCUT2D eigenvalue weighted by Gasteiger charge is 2.13. The third-order valence-corrected chi connectivity index (χ3v) is 2.11. The Morgan fingerprint density at radius 2 is 1.67 bits per heavy atom. The van der Waals surface area contributed by atoms with Crippen molar-refractivity contribution in [3.05, 3.63) is 0 Å². The summed E-state index contributed by atoms with van der Waals surface area (Å²) in [6.07, 6.45) is 2.81. The normalized spacial score (nSPS) is 18.2. The molecule has 0 atom stereocenters. The van der Waals surface area contributed by atoms with E-state index in [0.717, 1.165) is 39.1 Å². The summed E-state index contributed by atoms with van der Waals surface area (Å²) in [7, 11) is 0. The van der Waals surface area contributed by atoms with E-state index in [4.69, 9.17) is 18.9 Å². The standard InChI is InChI=1S/C11H22O4/c1-2-5-12-9-10-13-8-4-11-14-6-3-7-15-11/h11H,2-10H2,1H3. The van der Waals surface area contributed by atoms with E-state index >= 15 is 0 Å². The molecular weight excluding hydrogens is 196 g/mol. The average molecular weight is 218 g/mol. The Bertz CT molecular complexity index is 135. The van der Waals surface area contributed by atoms with Crippen LogP contribution in [-0.2, 0) is 18.9 Å². The van der Waals surface area contributed by atoms with Crippen LogP contribution < -0.4 is 0 Å². The van der Waals surface area contributed by atoms with Crippen molar-refractivity contribution in [2.75, 3.05) is 39.6 Å². The summed E-state index contributed by atoms with van der Waals surface area (Å²) in [6, 6.07) is 0. The van der Waals surface area contributed by atoms with Crippen LogP contribution in [0.1, 0.15) is 26.2 Å². The van der Waals surface area contributed by atoms with E-state index in [1.54, 1.807) is 0 Å². The molecule has 0 amide bonds. The predicted molar refractivity (Wildman–Crippen MR) is 56.9 cm³/mol. The van der Waals surface area contributed by atoms with Crippen LogP contribution in [0.4, 0.5) is 0 Å². The van der Waals surface area contributed by atoms with E-state index in [1.165, 1.54) is 0 Å². The highest BCUT2D eigenvalue weighted by molar-refractivity contribution is 4.51. The Morgan fingerprint density at radius 3 is 2.33 bits per heavy atom. The summed E-state index contributed by atoms with van der Waals surface area (Å²) < 4.78 is 21.5. The second-order valence-electron chi connectivity index (χ2n) is 3.54. The van der Waals surface area contributed by atoms with E-state index in [0.29, 0.717) is 19.8 Å². The van der Waals surface area contributed by atoms with Gasteiger partial charge in [0.25, 0.3) is 0 Å². The molecule has 0 aromatic rings. The van der Waals surface area contributed by atoms with Gasteiger partial charge in [-0.3, -0.25) is 0 Å². The zero-order valence-electron chi connectivity index (χ0n) is 9.57. The second kappa shape index (κ2) is 9.09. The molecule has 1 heterocycles. The lowest BCUT2D eigenvalue weighted by atomic mass is 10.4. The van der Waals surface area contributed by atoms with Crippen molar-refractivity contribution in [1.82, 2.24) is 0 Å². The maximum absolute atomic E-state index is 5.40. The van der Waals surface area contributed by atoms with Gasteiger partial charge in [0.2, 0.25) is 0 Å². The minimum Gasteiger partial charge on any atom is -0.379 e. The van der Waals surface area contributed by atoms with Crippen molar-refractivity contribution in [3.63, 3.8) is 0 Å². The molecular formula is C11H22O4. The van der Waals surface area contributed by atoms with Crippen molar-refractivity contribution < 1.29 is 18.9 Å². The van der Waals surface area contributed by atoms with E-state index in [-0.39, 0.29) is 6.29 Å². The van der Waals surface area contributed by atoms with Gasteiger partial charge in [-0.25, -0.2) is 0 Å². The fraction of sp³-hybridized carbons (Fsp3) is 1.00. The first-order valence-corrected chi connectivity index (χ1v) is 5.82. The lowest BCUT2D eigenvalue weighted by Crippen LogP contribution is -2.26. The topological polar surface area (TPSA) is 36.9 Å². The first-order valence-electron chi connectivity index (χ1n) is 5.82. The Hall–Kier alpha value is -0.160. The highest BCUT2D eigenvalue weighted by atomic mass is 16.7. The minimum absolute atomic E-state index is 0.0599. The lowest BCUT2D eigenvalue weighted by molar-refractivity contribution is -0.186. The monoisotopic (exact) mass is 218 g/mol. The van der Waals surface area contributed by atoms with Crippen LogP contribution in [0.5, 0.6) is 0 Å². The summed E-state index contributed by atoms with van der Waals surface area (Å²) in [4.78, 5) is 0. The van der Waals surface area contributed by atoms with Gasteiger partial charge in [-0.05, 0) is 12.8 Å². The molecule has 1 rings (SSSR count). The van der Waals surface area contributed by atoms with E-state index in [1.807, 2.05) is 0 Å². The Labute approximate surface area is 91.8 Å². The quantitative estimate of drug-likeness (QED) is 0.580. The van der Waals surface area contributed by atoms with Gasteiger partial charge in [0.05, 0.1) is 33.0 Å². The zero-order valence-corrected chi connectivity index (χ0v) is 9.57. The van der Waals surface area contributed by atoms with Gasteiger partial charge < -0.3 is 18.9 Å². The summed E-state index contributed by atoms with van der Waals surface area (Å²) in [5.41, 5.74) is 0. The third kappa shape index (κ3) is 6.84. The zero-order chi connectivity index (χ0) is 10.8. The van der Waals surface area contributed by atoms with E-state index < -0.39 is 0 Å². The Balaban J connectivity index is 1.79. The van der Waals surface area contributed by atoms with Gasteiger partial charge in [0.1, 0.15) is 0 Å². The Kier molecular flexibility index (Phi) is 7.83. The molecule has 90 valence electrons. The fourth-order valence-corrected chi connectivity index (χ4v) is 1.35. The van der Waals surface area contributed by atoms with Gasteiger partial charge in [0, 0.05) is 13.0 Å². The van der Waals surface area contributed by atoms with Crippen LogP contribution in [0, 0.1) is 0 Å². The van der Waals surface area contributed by atoms with Crippen LogP contribution >= 0.6 is 0 Å². The number of hydrogen-bond donors (Lipinski definition) is 0. The minimum atomic E-state index is -0.0599. The van der Waals surface area contributed by atoms with Gasteiger partial charge >= 0.3 is 0 Å². The molecule has 1 aliphatic rings. The van der Waals surface area contributed by atoms with Crippen molar-refractivity contribution in [1.29, 1.82) is 0 Å². The molecule has 0 radical (unpaired) electrons. The van der Waals surface area contributed by atoms with Crippen LogP contribution in [0.2, 0.25) is 0 Å². The molecule has 15 heavy (non-hydrogen) atoms. The summed E-state index contributed by atoms with van der Waals surface area (Å²) >= 11 is 0. The molecule has 0 saturated carbocycles. The number of rotatable bonds is 8. The van der Waals surface area contributed by atoms with Gasteiger partial charge in [-0.15, -0.1) is 0 Å². The first-order chi connectivity index (χ1) is 7.43. The van der Waals surface area contributed by atoms with Crippen LogP contribution in [0.3, 0.4) is 0 Å². The first kappa shape index (κ1) is 12.9. The average Bonchev–Trinajstić information content (AvgIpc) is 2.29. The van der Waals surface area contributed by atoms with Gasteiger partial charge in [0.15, 0.2) is 6.29 Å². The number of ether oxygens (including phenoxy) is 4. The maximum atomic E-state index is 5.40. The fourth-order valence-electron chi connectivity index (χ4n) is 1.35. The lowest BCUT2D eigenvalue weighted by Gasteiger charge is -2.22. The van der Waals surface area contributed by atoms with Crippen molar-refractivity contribution in [2.24, 2.45) is 0 Å².